The van der Waals surface area contributed by atoms with Crippen molar-refractivity contribution in [3.8, 4) is 5.75 Å². The molecular weight excluding hydrogens is 278 g/mol. The van der Waals surface area contributed by atoms with Gasteiger partial charge in [0.1, 0.15) is 17.6 Å². The van der Waals surface area contributed by atoms with Crippen molar-refractivity contribution in [2.45, 2.75) is 18.9 Å². The summed E-state index contributed by atoms with van der Waals surface area (Å²) in [4.78, 5) is 20.8. The zero-order chi connectivity index (χ0) is 11.7. The SMILES string of the molecule is O=C1CC(Oc2cc([N+](=O)[O-])ccc2Br)C1. The van der Waals surface area contributed by atoms with E-state index in [1.807, 2.05) is 0 Å². The molecule has 1 aromatic rings. The molecule has 6 heteroatoms. The quantitative estimate of drug-likeness (QED) is 0.632. The van der Waals surface area contributed by atoms with Gasteiger partial charge in [-0.2, -0.15) is 0 Å². The van der Waals surface area contributed by atoms with Crippen LogP contribution in [0.1, 0.15) is 12.8 Å². The van der Waals surface area contributed by atoms with Crippen LogP contribution in [0.25, 0.3) is 0 Å². The number of Topliss-reactive ketones (excluding diaryl/α,β-unsaturated/α-hetero) is 1. The third-order valence-electron chi connectivity index (χ3n) is 2.33. The molecule has 5 nitrogen and oxygen atoms in total. The number of benzene rings is 1. The van der Waals surface area contributed by atoms with E-state index < -0.39 is 4.92 Å². The first-order valence-electron chi connectivity index (χ1n) is 4.68. The molecule has 16 heavy (non-hydrogen) atoms. The maximum Gasteiger partial charge on any atom is 0.273 e. The minimum absolute atomic E-state index is 0.0242. The highest BCUT2D eigenvalue weighted by molar-refractivity contribution is 9.10. The van der Waals surface area contributed by atoms with Gasteiger partial charge in [0, 0.05) is 18.9 Å². The maximum atomic E-state index is 10.8. The normalized spacial score (nSPS) is 15.7. The fourth-order valence-corrected chi connectivity index (χ4v) is 1.75. The zero-order valence-electron chi connectivity index (χ0n) is 8.18. The molecule has 84 valence electrons. The summed E-state index contributed by atoms with van der Waals surface area (Å²) in [5, 5.41) is 10.6. The van der Waals surface area contributed by atoms with Gasteiger partial charge in [-0.3, -0.25) is 14.9 Å². The Morgan fingerprint density at radius 2 is 2.12 bits per heavy atom. The van der Waals surface area contributed by atoms with E-state index in [0.29, 0.717) is 23.1 Å². The number of ketones is 1. The molecule has 0 N–H and O–H groups in total. The van der Waals surface area contributed by atoms with E-state index >= 15 is 0 Å². The van der Waals surface area contributed by atoms with Crippen LogP contribution < -0.4 is 4.74 Å². The van der Waals surface area contributed by atoms with Crippen LogP contribution >= 0.6 is 15.9 Å². The highest BCUT2D eigenvalue weighted by Crippen LogP contribution is 2.32. The first kappa shape index (κ1) is 11.1. The average molecular weight is 286 g/mol. The van der Waals surface area contributed by atoms with Crippen LogP contribution in [0.3, 0.4) is 0 Å². The summed E-state index contributed by atoms with van der Waals surface area (Å²) in [6.07, 6.45) is 0.621. The monoisotopic (exact) mass is 285 g/mol. The molecule has 0 amide bonds. The molecule has 1 aromatic carbocycles. The van der Waals surface area contributed by atoms with Gasteiger partial charge >= 0.3 is 0 Å². The first-order chi connectivity index (χ1) is 7.56. The molecule has 0 aliphatic heterocycles. The number of non-ortho nitro benzene ring substituents is 1. The van der Waals surface area contributed by atoms with E-state index in [0.717, 1.165) is 0 Å². The number of nitro benzene ring substituents is 1. The second-order valence-electron chi connectivity index (χ2n) is 3.56. The molecule has 0 spiro atoms. The lowest BCUT2D eigenvalue weighted by Crippen LogP contribution is -2.33. The summed E-state index contributed by atoms with van der Waals surface area (Å²) in [6, 6.07) is 4.31. The van der Waals surface area contributed by atoms with E-state index in [9.17, 15) is 14.9 Å². The predicted octanol–water partition coefficient (Wildman–Crippen LogP) is 2.47. The molecule has 2 rings (SSSR count). The molecule has 1 aliphatic carbocycles. The number of carbonyl (C=O) groups is 1. The smallest absolute Gasteiger partial charge is 0.273 e. The van der Waals surface area contributed by atoms with Gasteiger partial charge in [-0.1, -0.05) is 0 Å². The number of hydrogen-bond acceptors (Lipinski definition) is 4. The topological polar surface area (TPSA) is 69.4 Å². The summed E-state index contributed by atoms with van der Waals surface area (Å²) in [6.45, 7) is 0. The molecule has 1 aliphatic rings. The van der Waals surface area contributed by atoms with Crippen molar-refractivity contribution in [1.29, 1.82) is 0 Å². The molecular formula is C10H8BrNO4. The number of rotatable bonds is 3. The van der Waals surface area contributed by atoms with Crippen molar-refractivity contribution in [1.82, 2.24) is 0 Å². The van der Waals surface area contributed by atoms with E-state index in [1.54, 1.807) is 6.07 Å². The Morgan fingerprint density at radius 1 is 1.44 bits per heavy atom. The number of halogens is 1. The van der Waals surface area contributed by atoms with Crippen molar-refractivity contribution >= 4 is 27.4 Å². The number of carbonyl (C=O) groups excluding carboxylic acids is 1. The van der Waals surface area contributed by atoms with Gasteiger partial charge < -0.3 is 4.74 Å². The second kappa shape index (κ2) is 4.21. The molecule has 1 fully saturated rings. The van der Waals surface area contributed by atoms with Gasteiger partial charge in [0.15, 0.2) is 0 Å². The fourth-order valence-electron chi connectivity index (χ4n) is 1.41. The lowest BCUT2D eigenvalue weighted by Gasteiger charge is -2.25. The van der Waals surface area contributed by atoms with E-state index in [2.05, 4.69) is 15.9 Å². The van der Waals surface area contributed by atoms with E-state index in [-0.39, 0.29) is 17.6 Å². The molecule has 0 bridgehead atoms. The van der Waals surface area contributed by atoms with Crippen LogP contribution in [0.4, 0.5) is 5.69 Å². The first-order valence-corrected chi connectivity index (χ1v) is 5.48. The van der Waals surface area contributed by atoms with Crippen molar-refractivity contribution < 1.29 is 14.5 Å². The number of hydrogen-bond donors (Lipinski definition) is 0. The van der Waals surface area contributed by atoms with Gasteiger partial charge in [0.05, 0.1) is 15.5 Å². The summed E-state index contributed by atoms with van der Waals surface area (Å²) in [7, 11) is 0. The van der Waals surface area contributed by atoms with Crippen molar-refractivity contribution in [3.63, 3.8) is 0 Å². The van der Waals surface area contributed by atoms with Crippen LogP contribution in [0, 0.1) is 10.1 Å². The predicted molar refractivity (Wildman–Crippen MR) is 59.5 cm³/mol. The third-order valence-corrected chi connectivity index (χ3v) is 2.99. The summed E-state index contributed by atoms with van der Waals surface area (Å²) < 4.78 is 6.12. The standard InChI is InChI=1S/C10H8BrNO4/c11-9-2-1-6(12(14)15)3-10(9)16-8-4-7(13)5-8/h1-3,8H,4-5H2. The average Bonchev–Trinajstić information content (AvgIpc) is 2.18. The highest BCUT2D eigenvalue weighted by atomic mass is 79.9. The van der Waals surface area contributed by atoms with Crippen LogP contribution in [0.2, 0.25) is 0 Å². The Bertz CT molecular complexity index is 452. The molecule has 0 saturated heterocycles. The van der Waals surface area contributed by atoms with E-state index in [1.165, 1.54) is 12.1 Å². The summed E-state index contributed by atoms with van der Waals surface area (Å²) in [5.74, 6) is 0.568. The van der Waals surface area contributed by atoms with Crippen LogP contribution in [0.5, 0.6) is 5.75 Å². The molecule has 0 unspecified atom stereocenters. The Labute approximate surface area is 99.7 Å². The molecule has 1 saturated carbocycles. The number of nitro groups is 1. The fraction of sp³-hybridized carbons (Fsp3) is 0.300. The summed E-state index contributed by atoms with van der Waals surface area (Å²) >= 11 is 3.24. The minimum atomic E-state index is -0.481. The largest absolute Gasteiger partial charge is 0.488 e. The van der Waals surface area contributed by atoms with Gasteiger partial charge in [-0.25, -0.2) is 0 Å². The maximum absolute atomic E-state index is 10.8. The summed E-state index contributed by atoms with van der Waals surface area (Å²) in [5.41, 5.74) is -0.0242. The van der Waals surface area contributed by atoms with Crippen molar-refractivity contribution in [2.24, 2.45) is 0 Å². The molecule has 0 atom stereocenters. The lowest BCUT2D eigenvalue weighted by molar-refractivity contribution is -0.385. The molecule has 0 aromatic heterocycles. The lowest BCUT2D eigenvalue weighted by atomic mass is 9.94. The Kier molecular flexibility index (Phi) is 2.91. The Balaban J connectivity index is 2.15. The van der Waals surface area contributed by atoms with E-state index in [4.69, 9.17) is 4.74 Å². The van der Waals surface area contributed by atoms with Crippen LogP contribution in [-0.4, -0.2) is 16.8 Å². The Hall–Kier alpha value is -1.43. The highest BCUT2D eigenvalue weighted by Gasteiger charge is 2.29. The number of ether oxygens (including phenoxy) is 1. The van der Waals surface area contributed by atoms with Gasteiger partial charge in [-0.15, -0.1) is 0 Å². The Morgan fingerprint density at radius 3 is 2.69 bits per heavy atom. The van der Waals surface area contributed by atoms with Gasteiger partial charge in [0.25, 0.3) is 5.69 Å². The number of nitrogens with zero attached hydrogens (tertiary/aromatic N) is 1. The van der Waals surface area contributed by atoms with Crippen molar-refractivity contribution in [3.05, 3.63) is 32.8 Å². The second-order valence-corrected chi connectivity index (χ2v) is 4.41. The van der Waals surface area contributed by atoms with Crippen LogP contribution in [0.15, 0.2) is 22.7 Å². The van der Waals surface area contributed by atoms with Crippen molar-refractivity contribution in [2.75, 3.05) is 0 Å². The third kappa shape index (κ3) is 2.21. The van der Waals surface area contributed by atoms with Gasteiger partial charge in [0.2, 0.25) is 0 Å². The van der Waals surface area contributed by atoms with Gasteiger partial charge in [-0.05, 0) is 22.0 Å². The van der Waals surface area contributed by atoms with Crippen LogP contribution in [-0.2, 0) is 4.79 Å². The molecule has 0 radical (unpaired) electrons. The minimum Gasteiger partial charge on any atom is -0.488 e. The zero-order valence-corrected chi connectivity index (χ0v) is 9.77. The molecule has 0 heterocycles.